The minimum Gasteiger partial charge on any atom is -0.325 e. The maximum atomic E-state index is 13.2. The summed E-state index contributed by atoms with van der Waals surface area (Å²) in [5.74, 6) is -3.55. The summed E-state index contributed by atoms with van der Waals surface area (Å²) in [6, 6.07) is 0.557. The summed E-state index contributed by atoms with van der Waals surface area (Å²) in [7, 11) is 0. The van der Waals surface area contributed by atoms with E-state index in [-0.39, 0.29) is 0 Å². The molecule has 0 saturated carbocycles. The zero-order valence-corrected chi connectivity index (χ0v) is 9.56. The highest BCUT2D eigenvalue weighted by molar-refractivity contribution is 5.89. The fourth-order valence-corrected chi connectivity index (χ4v) is 1.35. The van der Waals surface area contributed by atoms with Gasteiger partial charge in [-0.2, -0.15) is 0 Å². The highest BCUT2D eigenvalue weighted by Crippen LogP contribution is 2.19. The van der Waals surface area contributed by atoms with Gasteiger partial charge in [0.15, 0.2) is 11.6 Å². The van der Waals surface area contributed by atoms with Crippen molar-refractivity contribution in [3.05, 3.63) is 29.6 Å². The number of rotatable bonds is 3. The molecule has 0 spiro atoms. The van der Waals surface area contributed by atoms with Crippen LogP contribution in [-0.4, -0.2) is 24.0 Å². The molecule has 0 aliphatic carbocycles. The van der Waals surface area contributed by atoms with Gasteiger partial charge in [-0.1, -0.05) is 0 Å². The smallest absolute Gasteiger partial charge is 0.321 e. The average molecular weight is 246 g/mol. The number of carbonyl (C=O) groups excluding carboxylic acids is 1. The van der Waals surface area contributed by atoms with Crippen molar-refractivity contribution in [3.8, 4) is 0 Å². The Morgan fingerprint density at radius 3 is 2.35 bits per heavy atom. The zero-order valence-electron chi connectivity index (χ0n) is 9.56. The first-order valence-electron chi connectivity index (χ1n) is 5.20. The van der Waals surface area contributed by atoms with Crippen molar-refractivity contribution in [1.29, 1.82) is 0 Å². The molecule has 0 unspecified atom stereocenters. The van der Waals surface area contributed by atoms with E-state index in [9.17, 15) is 18.0 Å². The zero-order chi connectivity index (χ0) is 13.0. The lowest BCUT2D eigenvalue weighted by molar-refractivity contribution is 0.217. The van der Waals surface area contributed by atoms with E-state index in [1.54, 1.807) is 13.8 Å². The summed E-state index contributed by atoms with van der Waals surface area (Å²) in [5.41, 5.74) is -0.501. The number of hydrogen-bond acceptors (Lipinski definition) is 1. The summed E-state index contributed by atoms with van der Waals surface area (Å²) in [6.07, 6.45) is 0. The third-order valence-corrected chi connectivity index (χ3v) is 2.29. The van der Waals surface area contributed by atoms with E-state index in [1.807, 2.05) is 0 Å². The number of urea groups is 1. The van der Waals surface area contributed by atoms with Gasteiger partial charge in [0.2, 0.25) is 0 Å². The van der Waals surface area contributed by atoms with Crippen molar-refractivity contribution in [2.45, 2.75) is 13.8 Å². The highest BCUT2D eigenvalue weighted by atomic mass is 19.2. The van der Waals surface area contributed by atoms with Crippen LogP contribution in [0.15, 0.2) is 12.1 Å². The molecule has 0 aliphatic rings. The van der Waals surface area contributed by atoms with Crippen molar-refractivity contribution in [2.75, 3.05) is 18.4 Å². The Hall–Kier alpha value is -1.72. The minimum absolute atomic E-state index is 0.418. The molecule has 1 aromatic carbocycles. The number of anilines is 1. The lowest BCUT2D eigenvalue weighted by Crippen LogP contribution is -2.34. The molecule has 0 heterocycles. The maximum absolute atomic E-state index is 13.2. The first kappa shape index (κ1) is 13.3. The van der Waals surface area contributed by atoms with Gasteiger partial charge >= 0.3 is 6.03 Å². The van der Waals surface area contributed by atoms with Crippen molar-refractivity contribution in [3.63, 3.8) is 0 Å². The summed E-state index contributed by atoms with van der Waals surface area (Å²) in [4.78, 5) is 12.9. The summed E-state index contributed by atoms with van der Waals surface area (Å²) >= 11 is 0. The molecule has 0 fully saturated rings. The van der Waals surface area contributed by atoms with Gasteiger partial charge in [0.25, 0.3) is 0 Å². The van der Waals surface area contributed by atoms with Gasteiger partial charge in [-0.15, -0.1) is 0 Å². The Morgan fingerprint density at radius 1 is 1.24 bits per heavy atom. The summed E-state index contributed by atoms with van der Waals surface area (Å²) < 4.78 is 39.0. The van der Waals surface area contributed by atoms with E-state index in [0.29, 0.717) is 19.2 Å². The maximum Gasteiger partial charge on any atom is 0.321 e. The van der Waals surface area contributed by atoms with Crippen molar-refractivity contribution < 1.29 is 18.0 Å². The van der Waals surface area contributed by atoms with Crippen molar-refractivity contribution >= 4 is 11.7 Å². The van der Waals surface area contributed by atoms with Crippen LogP contribution in [0.2, 0.25) is 0 Å². The van der Waals surface area contributed by atoms with Gasteiger partial charge in [0.05, 0.1) is 5.69 Å². The van der Waals surface area contributed by atoms with E-state index < -0.39 is 29.2 Å². The normalized spacial score (nSPS) is 10.2. The fourth-order valence-electron chi connectivity index (χ4n) is 1.35. The predicted octanol–water partition coefficient (Wildman–Crippen LogP) is 2.98. The van der Waals surface area contributed by atoms with Crippen molar-refractivity contribution in [2.24, 2.45) is 0 Å². The topological polar surface area (TPSA) is 32.3 Å². The van der Waals surface area contributed by atoms with Crippen LogP contribution in [0.3, 0.4) is 0 Å². The van der Waals surface area contributed by atoms with Crippen LogP contribution in [0.1, 0.15) is 13.8 Å². The quantitative estimate of drug-likeness (QED) is 0.817. The van der Waals surface area contributed by atoms with E-state index in [4.69, 9.17) is 0 Å². The molecule has 1 rings (SSSR count). The van der Waals surface area contributed by atoms with E-state index in [1.165, 1.54) is 4.90 Å². The molecule has 3 nitrogen and oxygen atoms in total. The molecular formula is C11H13F3N2O. The van der Waals surface area contributed by atoms with E-state index in [0.717, 1.165) is 6.07 Å². The van der Waals surface area contributed by atoms with Gasteiger partial charge in [-0.25, -0.2) is 18.0 Å². The molecule has 0 atom stereocenters. The Kier molecular flexibility index (Phi) is 4.37. The monoisotopic (exact) mass is 246 g/mol. The molecule has 94 valence electrons. The number of amides is 2. The van der Waals surface area contributed by atoms with Gasteiger partial charge < -0.3 is 10.2 Å². The van der Waals surface area contributed by atoms with Crippen LogP contribution < -0.4 is 5.32 Å². The number of nitrogens with zero attached hydrogens (tertiary/aromatic N) is 1. The number of nitrogens with one attached hydrogen (secondary N) is 1. The Morgan fingerprint density at radius 2 is 1.82 bits per heavy atom. The van der Waals surface area contributed by atoms with Gasteiger partial charge in [0, 0.05) is 25.2 Å². The van der Waals surface area contributed by atoms with Gasteiger partial charge in [-0.05, 0) is 13.8 Å². The molecule has 0 radical (unpaired) electrons. The van der Waals surface area contributed by atoms with E-state index in [2.05, 4.69) is 5.32 Å². The first-order chi connectivity index (χ1) is 7.99. The molecule has 17 heavy (non-hydrogen) atoms. The Bertz CT molecular complexity index is 419. The third kappa shape index (κ3) is 3.12. The lowest BCUT2D eigenvalue weighted by atomic mass is 10.3. The second kappa shape index (κ2) is 5.56. The molecule has 0 aliphatic heterocycles. The second-order valence-electron chi connectivity index (χ2n) is 3.35. The number of halogens is 3. The summed E-state index contributed by atoms with van der Waals surface area (Å²) in [5, 5.41) is 2.13. The highest BCUT2D eigenvalue weighted by Gasteiger charge is 2.15. The molecule has 6 heteroatoms. The molecule has 0 saturated heterocycles. The predicted molar refractivity (Wildman–Crippen MR) is 58.3 cm³/mol. The SMILES string of the molecule is CCN(CC)C(=O)Nc1cc(F)cc(F)c1F. The van der Waals surface area contributed by atoms with Crippen LogP contribution in [0.25, 0.3) is 0 Å². The largest absolute Gasteiger partial charge is 0.325 e. The van der Waals surface area contributed by atoms with Crippen molar-refractivity contribution in [1.82, 2.24) is 4.90 Å². The molecule has 1 aromatic rings. The number of carbonyl (C=O) groups is 1. The molecule has 1 N–H and O–H groups in total. The molecule has 0 bridgehead atoms. The third-order valence-electron chi connectivity index (χ3n) is 2.29. The summed E-state index contributed by atoms with van der Waals surface area (Å²) in [6.45, 7) is 4.32. The second-order valence-corrected chi connectivity index (χ2v) is 3.35. The van der Waals surface area contributed by atoms with Gasteiger partial charge in [-0.3, -0.25) is 0 Å². The lowest BCUT2D eigenvalue weighted by Gasteiger charge is -2.19. The average Bonchev–Trinajstić information content (AvgIpc) is 2.27. The molecule has 2 amide bonds. The first-order valence-corrected chi connectivity index (χ1v) is 5.20. The Balaban J connectivity index is 2.92. The standard InChI is InChI=1S/C11H13F3N2O/c1-3-16(4-2)11(17)15-9-6-7(12)5-8(13)10(9)14/h5-6H,3-4H2,1-2H3,(H,15,17). The van der Waals surface area contributed by atoms with Crippen LogP contribution >= 0.6 is 0 Å². The van der Waals surface area contributed by atoms with Crippen LogP contribution in [0.4, 0.5) is 23.7 Å². The molecule has 0 aromatic heterocycles. The number of benzene rings is 1. The Labute approximate surface area is 97.2 Å². The van der Waals surface area contributed by atoms with Crippen LogP contribution in [0.5, 0.6) is 0 Å². The van der Waals surface area contributed by atoms with Crippen LogP contribution in [0, 0.1) is 17.5 Å². The number of hydrogen-bond donors (Lipinski definition) is 1. The fraction of sp³-hybridized carbons (Fsp3) is 0.364. The van der Waals surface area contributed by atoms with E-state index >= 15 is 0 Å². The molecular weight excluding hydrogens is 233 g/mol. The van der Waals surface area contributed by atoms with Gasteiger partial charge in [0.1, 0.15) is 5.82 Å². The van der Waals surface area contributed by atoms with Crippen LogP contribution in [-0.2, 0) is 0 Å². The minimum atomic E-state index is -1.33.